The van der Waals surface area contributed by atoms with Crippen LogP contribution in [0, 0.1) is 12.8 Å². The summed E-state index contributed by atoms with van der Waals surface area (Å²) in [7, 11) is -4.52. The van der Waals surface area contributed by atoms with Crippen molar-refractivity contribution >= 4 is 21.5 Å². The lowest BCUT2D eigenvalue weighted by Crippen LogP contribution is -2.13. The summed E-state index contributed by atoms with van der Waals surface area (Å²) in [5.74, 6) is 0.0999. The molecule has 174 valence electrons. The van der Waals surface area contributed by atoms with Crippen molar-refractivity contribution in [3.63, 3.8) is 0 Å². The molecule has 0 unspecified atom stereocenters. The van der Waals surface area contributed by atoms with Gasteiger partial charge in [-0.1, -0.05) is 45.9 Å². The van der Waals surface area contributed by atoms with Crippen molar-refractivity contribution in [2.75, 3.05) is 0 Å². The lowest BCUT2D eigenvalue weighted by atomic mass is 9.81. The molecule has 0 saturated heterocycles. The second kappa shape index (κ2) is 9.12. The van der Waals surface area contributed by atoms with Gasteiger partial charge in [-0.3, -0.25) is 9.35 Å². The number of hydrogen-bond donors (Lipinski definition) is 2. The Morgan fingerprint density at radius 1 is 0.909 bits per heavy atom. The number of allylic oxidation sites excluding steroid dienone is 5. The molecule has 0 amide bonds. The molecule has 0 aliphatic heterocycles. The minimum atomic E-state index is -4.52. The van der Waals surface area contributed by atoms with Crippen LogP contribution >= 0.6 is 0 Å². The summed E-state index contributed by atoms with van der Waals surface area (Å²) >= 11 is 0. The summed E-state index contributed by atoms with van der Waals surface area (Å²) in [6.45, 7) is 11.5. The topological polar surface area (TPSA) is 91.7 Å². The van der Waals surface area contributed by atoms with E-state index in [1.165, 1.54) is 6.07 Å². The van der Waals surface area contributed by atoms with E-state index in [2.05, 4.69) is 0 Å². The van der Waals surface area contributed by atoms with Gasteiger partial charge in [-0.25, -0.2) is 0 Å². The van der Waals surface area contributed by atoms with Gasteiger partial charge in [0.05, 0.1) is 0 Å². The lowest BCUT2D eigenvalue weighted by Gasteiger charge is -2.24. The van der Waals surface area contributed by atoms with Crippen molar-refractivity contribution < 1.29 is 22.9 Å². The first-order chi connectivity index (χ1) is 15.3. The van der Waals surface area contributed by atoms with E-state index in [0.717, 1.165) is 16.7 Å². The molecule has 0 spiro atoms. The summed E-state index contributed by atoms with van der Waals surface area (Å²) < 4.78 is 34.6. The number of aryl methyl sites for hydroxylation is 1. The molecule has 1 aliphatic carbocycles. The van der Waals surface area contributed by atoms with E-state index in [1.807, 2.05) is 53.7 Å². The summed E-state index contributed by atoms with van der Waals surface area (Å²) in [6.07, 6.45) is 3.39. The number of ketones is 1. The van der Waals surface area contributed by atoms with Gasteiger partial charge in [-0.05, 0) is 89.4 Å². The van der Waals surface area contributed by atoms with Crippen LogP contribution in [0.25, 0.3) is 5.57 Å². The van der Waals surface area contributed by atoms with Crippen LogP contribution in [-0.4, -0.2) is 23.9 Å². The summed E-state index contributed by atoms with van der Waals surface area (Å²) in [5, 5.41) is 10.5. The third kappa shape index (κ3) is 4.87. The van der Waals surface area contributed by atoms with Crippen LogP contribution in [-0.2, 0) is 14.9 Å². The number of aromatic hydroxyl groups is 1. The molecule has 0 heterocycles. The van der Waals surface area contributed by atoms with Gasteiger partial charge in [0.1, 0.15) is 10.6 Å². The molecule has 0 bridgehead atoms. The van der Waals surface area contributed by atoms with Crippen LogP contribution in [0.3, 0.4) is 0 Å². The molecule has 0 atom stereocenters. The Morgan fingerprint density at radius 3 is 2.12 bits per heavy atom. The average molecular weight is 467 g/mol. The maximum Gasteiger partial charge on any atom is 0.295 e. The average Bonchev–Trinajstić information content (AvgIpc) is 2.70. The zero-order chi connectivity index (χ0) is 24.7. The number of carbonyl (C=O) groups excluding carboxylic acids is 1. The van der Waals surface area contributed by atoms with E-state index in [4.69, 9.17) is 0 Å². The Labute approximate surface area is 195 Å². The van der Waals surface area contributed by atoms with Crippen molar-refractivity contribution in [2.24, 2.45) is 5.92 Å². The van der Waals surface area contributed by atoms with Gasteiger partial charge in [-0.15, -0.1) is 0 Å². The fourth-order valence-corrected chi connectivity index (χ4v) is 4.89. The van der Waals surface area contributed by atoms with Gasteiger partial charge in [0, 0.05) is 11.1 Å². The fourth-order valence-electron chi connectivity index (χ4n) is 4.19. The third-order valence-electron chi connectivity index (χ3n) is 5.95. The molecule has 6 heteroatoms. The van der Waals surface area contributed by atoms with Gasteiger partial charge in [0.2, 0.25) is 0 Å². The molecule has 2 aromatic carbocycles. The fraction of sp³-hybridized carbons (Fsp3) is 0.296. The number of phenolic OH excluding ortho intramolecular Hbond substituents is 1. The number of hydrogen-bond acceptors (Lipinski definition) is 4. The van der Waals surface area contributed by atoms with E-state index in [0.29, 0.717) is 27.9 Å². The first-order valence-electron chi connectivity index (χ1n) is 10.9. The molecule has 2 N–H and O–H groups in total. The van der Waals surface area contributed by atoms with Crippen molar-refractivity contribution in [2.45, 2.75) is 52.4 Å². The zero-order valence-corrected chi connectivity index (χ0v) is 20.6. The summed E-state index contributed by atoms with van der Waals surface area (Å²) in [5.41, 5.74) is 5.14. The van der Waals surface area contributed by atoms with Crippen molar-refractivity contribution in [3.8, 4) is 5.75 Å². The van der Waals surface area contributed by atoms with E-state index in [-0.39, 0.29) is 28.3 Å². The predicted molar refractivity (Wildman–Crippen MR) is 131 cm³/mol. The Balaban J connectivity index is 2.54. The second-order valence-electron chi connectivity index (χ2n) is 9.09. The highest BCUT2D eigenvalue weighted by Crippen LogP contribution is 2.41. The molecule has 1 aliphatic rings. The molecule has 0 saturated carbocycles. The predicted octanol–water partition coefficient (Wildman–Crippen LogP) is 5.98. The Kier molecular flexibility index (Phi) is 6.82. The van der Waals surface area contributed by atoms with Crippen molar-refractivity contribution in [1.82, 2.24) is 0 Å². The van der Waals surface area contributed by atoms with E-state index in [1.54, 1.807) is 30.3 Å². The number of benzene rings is 2. The van der Waals surface area contributed by atoms with E-state index >= 15 is 0 Å². The second-order valence-corrected chi connectivity index (χ2v) is 10.5. The van der Waals surface area contributed by atoms with Crippen LogP contribution in [0.2, 0.25) is 0 Å². The maximum atomic E-state index is 12.6. The maximum absolute atomic E-state index is 12.6. The highest BCUT2D eigenvalue weighted by Gasteiger charge is 2.26. The molecule has 0 radical (unpaired) electrons. The van der Waals surface area contributed by atoms with Crippen LogP contribution in [0.1, 0.15) is 62.8 Å². The first-order valence-corrected chi connectivity index (χ1v) is 12.4. The van der Waals surface area contributed by atoms with Crippen LogP contribution in [0.15, 0.2) is 70.2 Å². The van der Waals surface area contributed by atoms with Crippen LogP contribution < -0.4 is 0 Å². The smallest absolute Gasteiger partial charge is 0.295 e. The highest BCUT2D eigenvalue weighted by atomic mass is 32.2. The van der Waals surface area contributed by atoms with Gasteiger partial charge in [0.25, 0.3) is 10.1 Å². The normalized spacial score (nSPS) is 16.2. The summed E-state index contributed by atoms with van der Waals surface area (Å²) in [6, 6.07) is 9.82. The number of rotatable bonds is 5. The van der Waals surface area contributed by atoms with Gasteiger partial charge >= 0.3 is 0 Å². The van der Waals surface area contributed by atoms with E-state index < -0.39 is 10.1 Å². The molecular formula is C27H30O5S. The molecule has 3 rings (SSSR count). The SMILES string of the molecule is CC1=CC(=O)C(C(C)C)=C/C1=C(\c1cc(C(C)C)c(O)cc1C)c1ccccc1S(=O)(=O)O. The Morgan fingerprint density at radius 2 is 1.55 bits per heavy atom. The molecule has 5 nitrogen and oxygen atoms in total. The molecular weight excluding hydrogens is 436 g/mol. The van der Waals surface area contributed by atoms with Crippen molar-refractivity contribution in [1.29, 1.82) is 0 Å². The quantitative estimate of drug-likeness (QED) is 0.529. The third-order valence-corrected chi connectivity index (χ3v) is 6.86. The highest BCUT2D eigenvalue weighted by molar-refractivity contribution is 7.86. The molecule has 33 heavy (non-hydrogen) atoms. The van der Waals surface area contributed by atoms with Gasteiger partial charge in [0.15, 0.2) is 5.78 Å². The van der Waals surface area contributed by atoms with Gasteiger partial charge in [-0.2, -0.15) is 8.42 Å². The number of phenols is 1. The zero-order valence-electron chi connectivity index (χ0n) is 19.8. The Bertz CT molecular complexity index is 1320. The first kappa shape index (κ1) is 24.7. The minimum Gasteiger partial charge on any atom is -0.508 e. The molecule has 0 fully saturated rings. The van der Waals surface area contributed by atoms with Crippen LogP contribution in [0.5, 0.6) is 5.75 Å². The van der Waals surface area contributed by atoms with Gasteiger partial charge < -0.3 is 5.11 Å². The summed E-state index contributed by atoms with van der Waals surface area (Å²) in [4.78, 5) is 12.4. The van der Waals surface area contributed by atoms with Crippen LogP contribution in [0.4, 0.5) is 0 Å². The molecule has 2 aromatic rings. The standard InChI is InChI=1S/C27H30O5S/c1-15(2)20-13-22(17(5)11-24(20)28)27(19-9-7-8-10-26(19)33(30,31)32)23-14-21(16(3)4)25(29)12-18(23)6/h7-16,28H,1-6H3,(H,30,31,32)/b27-23+. The monoisotopic (exact) mass is 466 g/mol. The number of carbonyl (C=O) groups is 1. The largest absolute Gasteiger partial charge is 0.508 e. The minimum absolute atomic E-state index is 0.0259. The lowest BCUT2D eigenvalue weighted by molar-refractivity contribution is -0.111. The van der Waals surface area contributed by atoms with Crippen molar-refractivity contribution in [3.05, 3.63) is 87.5 Å². The molecule has 0 aromatic heterocycles. The Hall–Kier alpha value is -2.96. The van der Waals surface area contributed by atoms with E-state index in [9.17, 15) is 22.9 Å².